The monoisotopic (exact) mass is 789 g/mol. The van der Waals surface area contributed by atoms with Crippen molar-refractivity contribution < 1.29 is 0 Å². The first-order chi connectivity index (χ1) is 30.8. The minimum atomic E-state index is -0.447. The lowest BCUT2D eigenvalue weighted by atomic mass is 9.65. The molecule has 0 saturated heterocycles. The standard InChI is InChI=1S/C61H43N/c1-4-20-43(21-5-1)60-51-30-13-10-19-42(51)35-38-59(60)62(48-28-18-23-44(39-48)56-40-45-22-11-12-29-50(45)52-31-14-15-32-53(52)56)49-36-37-55-54-33-16-17-34-57(54)61(58(55)41-49,46-24-6-2-7-25-46)47-26-8-3-9-27-47/h1-16,18-33,35-41H,17,34H2. The first-order valence-corrected chi connectivity index (χ1v) is 21.8. The summed E-state index contributed by atoms with van der Waals surface area (Å²) in [5.41, 5.74) is 15.8. The van der Waals surface area contributed by atoms with Gasteiger partial charge < -0.3 is 4.90 Å². The van der Waals surface area contributed by atoms with Gasteiger partial charge in [0.25, 0.3) is 0 Å². The lowest BCUT2D eigenvalue weighted by molar-refractivity contribution is 0.696. The van der Waals surface area contributed by atoms with Crippen LogP contribution in [0, 0.1) is 0 Å². The molecule has 0 radical (unpaired) electrons. The average Bonchev–Trinajstić information content (AvgIpc) is 3.65. The van der Waals surface area contributed by atoms with Gasteiger partial charge in [0.2, 0.25) is 0 Å². The zero-order valence-electron chi connectivity index (χ0n) is 34.4. The molecular formula is C61H43N. The van der Waals surface area contributed by atoms with Crippen LogP contribution < -0.4 is 4.90 Å². The fraction of sp³-hybridized carbons (Fsp3) is 0.0492. The van der Waals surface area contributed by atoms with Crippen LogP contribution >= 0.6 is 0 Å². The molecule has 0 atom stereocenters. The lowest BCUT2D eigenvalue weighted by Gasteiger charge is -2.37. The van der Waals surface area contributed by atoms with Crippen LogP contribution in [0.1, 0.15) is 35.1 Å². The molecule has 2 aliphatic carbocycles. The summed E-state index contributed by atoms with van der Waals surface area (Å²) in [5.74, 6) is 0. The first-order valence-electron chi connectivity index (χ1n) is 21.8. The molecule has 292 valence electrons. The van der Waals surface area contributed by atoms with Crippen LogP contribution in [0.4, 0.5) is 17.1 Å². The summed E-state index contributed by atoms with van der Waals surface area (Å²) in [4.78, 5) is 2.52. The van der Waals surface area contributed by atoms with Crippen molar-refractivity contribution in [1.29, 1.82) is 0 Å². The molecule has 0 heterocycles. The highest BCUT2D eigenvalue weighted by Crippen LogP contribution is 2.58. The molecule has 0 unspecified atom stereocenters. The van der Waals surface area contributed by atoms with E-state index in [0.717, 1.165) is 29.9 Å². The predicted octanol–water partition coefficient (Wildman–Crippen LogP) is 16.4. The predicted molar refractivity (Wildman–Crippen MR) is 263 cm³/mol. The fourth-order valence-electron chi connectivity index (χ4n) is 10.8. The molecule has 0 N–H and O–H groups in total. The van der Waals surface area contributed by atoms with Gasteiger partial charge in [0.15, 0.2) is 0 Å². The number of fused-ring (bicyclic) bond motifs is 6. The largest absolute Gasteiger partial charge is 0.310 e. The number of allylic oxidation sites excluding steroid dienone is 4. The van der Waals surface area contributed by atoms with Gasteiger partial charge in [0.1, 0.15) is 0 Å². The van der Waals surface area contributed by atoms with E-state index in [0.29, 0.717) is 0 Å². The van der Waals surface area contributed by atoms with Gasteiger partial charge in [0, 0.05) is 16.9 Å². The van der Waals surface area contributed by atoms with Gasteiger partial charge in [-0.25, -0.2) is 0 Å². The first kappa shape index (κ1) is 36.1. The van der Waals surface area contributed by atoms with Gasteiger partial charge in [-0.3, -0.25) is 0 Å². The van der Waals surface area contributed by atoms with Crippen LogP contribution in [0.25, 0.3) is 60.1 Å². The van der Waals surface area contributed by atoms with Crippen molar-refractivity contribution in [3.63, 3.8) is 0 Å². The van der Waals surface area contributed by atoms with Crippen molar-refractivity contribution in [3.05, 3.63) is 264 Å². The molecule has 12 rings (SSSR count). The molecule has 10 aromatic carbocycles. The van der Waals surface area contributed by atoms with Gasteiger partial charge >= 0.3 is 0 Å². The fourth-order valence-corrected chi connectivity index (χ4v) is 10.8. The van der Waals surface area contributed by atoms with Gasteiger partial charge in [-0.05, 0) is 132 Å². The van der Waals surface area contributed by atoms with E-state index in [1.807, 2.05) is 0 Å². The third-order valence-corrected chi connectivity index (χ3v) is 13.4. The Bertz CT molecular complexity index is 3350. The van der Waals surface area contributed by atoms with E-state index in [1.165, 1.54) is 88.0 Å². The Morgan fingerprint density at radius 1 is 0.403 bits per heavy atom. The Morgan fingerprint density at radius 2 is 1.02 bits per heavy atom. The Balaban J connectivity index is 1.15. The van der Waals surface area contributed by atoms with Crippen molar-refractivity contribution in [1.82, 2.24) is 0 Å². The number of hydrogen-bond donors (Lipinski definition) is 0. The highest BCUT2D eigenvalue weighted by atomic mass is 15.1. The van der Waals surface area contributed by atoms with E-state index in [1.54, 1.807) is 0 Å². The van der Waals surface area contributed by atoms with Gasteiger partial charge in [0.05, 0.1) is 11.1 Å². The van der Waals surface area contributed by atoms with Crippen LogP contribution in [-0.2, 0) is 5.41 Å². The molecule has 2 aliphatic rings. The van der Waals surface area contributed by atoms with Crippen molar-refractivity contribution in [2.45, 2.75) is 18.3 Å². The number of anilines is 3. The van der Waals surface area contributed by atoms with Gasteiger partial charge in [-0.2, -0.15) is 0 Å². The van der Waals surface area contributed by atoms with Crippen LogP contribution in [0.5, 0.6) is 0 Å². The zero-order chi connectivity index (χ0) is 41.0. The van der Waals surface area contributed by atoms with E-state index in [9.17, 15) is 0 Å². The molecule has 0 aliphatic heterocycles. The van der Waals surface area contributed by atoms with E-state index in [-0.39, 0.29) is 0 Å². The zero-order valence-corrected chi connectivity index (χ0v) is 34.4. The second-order valence-corrected chi connectivity index (χ2v) is 16.7. The molecule has 62 heavy (non-hydrogen) atoms. The molecule has 1 heteroatoms. The second-order valence-electron chi connectivity index (χ2n) is 16.7. The lowest BCUT2D eigenvalue weighted by Crippen LogP contribution is -2.30. The second kappa shape index (κ2) is 14.8. The number of rotatable bonds is 7. The quantitative estimate of drug-likeness (QED) is 0.145. The molecule has 10 aromatic rings. The van der Waals surface area contributed by atoms with Crippen LogP contribution in [-0.4, -0.2) is 0 Å². The molecule has 0 saturated carbocycles. The normalized spacial score (nSPS) is 14.0. The summed E-state index contributed by atoms with van der Waals surface area (Å²) < 4.78 is 0. The summed E-state index contributed by atoms with van der Waals surface area (Å²) >= 11 is 0. The number of nitrogens with zero attached hydrogens (tertiary/aromatic N) is 1. The topological polar surface area (TPSA) is 3.24 Å². The third-order valence-electron chi connectivity index (χ3n) is 13.4. The Morgan fingerprint density at radius 3 is 1.77 bits per heavy atom. The molecule has 0 amide bonds. The number of benzene rings is 10. The molecule has 0 aromatic heterocycles. The van der Waals surface area contributed by atoms with Gasteiger partial charge in [-0.1, -0.05) is 200 Å². The van der Waals surface area contributed by atoms with Crippen molar-refractivity contribution in [2.75, 3.05) is 4.90 Å². The number of hydrogen-bond acceptors (Lipinski definition) is 1. The Kier molecular flexibility index (Phi) is 8.61. The minimum absolute atomic E-state index is 0.447. The Hall–Kier alpha value is -7.74. The van der Waals surface area contributed by atoms with Gasteiger partial charge in [-0.15, -0.1) is 0 Å². The molecule has 0 spiro atoms. The molecule has 0 fully saturated rings. The van der Waals surface area contributed by atoms with Crippen LogP contribution in [0.15, 0.2) is 242 Å². The van der Waals surface area contributed by atoms with Crippen molar-refractivity contribution in [2.24, 2.45) is 0 Å². The molecular weight excluding hydrogens is 747 g/mol. The third kappa shape index (κ3) is 5.62. The summed E-state index contributed by atoms with van der Waals surface area (Å²) in [6.07, 6.45) is 6.78. The summed E-state index contributed by atoms with van der Waals surface area (Å²) in [6, 6.07) is 83.3. The van der Waals surface area contributed by atoms with E-state index >= 15 is 0 Å². The van der Waals surface area contributed by atoms with Crippen LogP contribution in [0.3, 0.4) is 0 Å². The SMILES string of the molecule is C1=CC2=C(CC1)C(c1ccccc1)(c1ccccc1)c1cc(N(c3cccc(-c4cc5ccccc5c5ccccc45)c3)c3ccc4ccccc4c3-c3ccccc3)ccc12. The van der Waals surface area contributed by atoms with E-state index in [4.69, 9.17) is 0 Å². The van der Waals surface area contributed by atoms with E-state index < -0.39 is 5.41 Å². The average molecular weight is 790 g/mol. The van der Waals surface area contributed by atoms with Crippen molar-refractivity contribution in [3.8, 4) is 22.3 Å². The summed E-state index contributed by atoms with van der Waals surface area (Å²) in [7, 11) is 0. The smallest absolute Gasteiger partial charge is 0.0677 e. The molecule has 1 nitrogen and oxygen atoms in total. The maximum atomic E-state index is 2.52. The van der Waals surface area contributed by atoms with Crippen LogP contribution in [0.2, 0.25) is 0 Å². The van der Waals surface area contributed by atoms with E-state index in [2.05, 4.69) is 242 Å². The summed E-state index contributed by atoms with van der Waals surface area (Å²) in [6.45, 7) is 0. The minimum Gasteiger partial charge on any atom is -0.310 e. The highest BCUT2D eigenvalue weighted by molar-refractivity contribution is 6.14. The highest BCUT2D eigenvalue weighted by Gasteiger charge is 2.47. The maximum Gasteiger partial charge on any atom is 0.0677 e. The summed E-state index contributed by atoms with van der Waals surface area (Å²) in [5, 5.41) is 7.49. The van der Waals surface area contributed by atoms with Crippen molar-refractivity contribution >= 4 is 55.0 Å². The maximum absolute atomic E-state index is 2.52. The Labute approximate surface area is 363 Å². The molecule has 0 bridgehead atoms.